The molecule has 2 N–H and O–H groups in total. The van der Waals surface area contributed by atoms with Crippen molar-refractivity contribution in [2.24, 2.45) is 0 Å². The number of aromatic amines is 2. The molecule has 184 valence electrons. The van der Waals surface area contributed by atoms with Crippen LogP contribution in [0, 0.1) is 6.92 Å². The van der Waals surface area contributed by atoms with Gasteiger partial charge in [-0.05, 0) is 75.1 Å². The first kappa shape index (κ1) is 22.2. The summed E-state index contributed by atoms with van der Waals surface area (Å²) in [7, 11) is 0. The quantitative estimate of drug-likeness (QED) is 0.256. The molecule has 1 aliphatic carbocycles. The molecular formula is C29H26N6OS. The van der Waals surface area contributed by atoms with Crippen LogP contribution in [-0.2, 0) is 0 Å². The van der Waals surface area contributed by atoms with Crippen LogP contribution in [0.5, 0.6) is 5.75 Å². The van der Waals surface area contributed by atoms with Crippen molar-refractivity contribution >= 4 is 33.4 Å². The summed E-state index contributed by atoms with van der Waals surface area (Å²) < 4.78 is 6.25. The van der Waals surface area contributed by atoms with E-state index in [9.17, 15) is 0 Å². The minimum absolute atomic E-state index is 0.278. The smallest absolute Gasteiger partial charge is 0.138 e. The van der Waals surface area contributed by atoms with E-state index in [4.69, 9.17) is 9.72 Å². The molecule has 7 rings (SSSR count). The zero-order chi connectivity index (χ0) is 24.8. The largest absolute Gasteiger partial charge is 0.489 e. The lowest BCUT2D eigenvalue weighted by Crippen LogP contribution is -2.19. The molecule has 6 heterocycles. The molecule has 1 saturated carbocycles. The minimum atomic E-state index is 0.278. The first-order valence-electron chi connectivity index (χ1n) is 12.7. The van der Waals surface area contributed by atoms with Crippen molar-refractivity contribution in [2.45, 2.75) is 45.1 Å². The lowest BCUT2D eigenvalue weighted by atomic mass is 9.98. The lowest BCUT2D eigenvalue weighted by Gasteiger charge is -2.22. The molecule has 0 aliphatic heterocycles. The molecule has 6 aromatic rings. The van der Waals surface area contributed by atoms with Crippen molar-refractivity contribution in [1.82, 2.24) is 30.1 Å². The highest BCUT2D eigenvalue weighted by atomic mass is 32.1. The second-order valence-electron chi connectivity index (χ2n) is 9.67. The summed E-state index contributed by atoms with van der Waals surface area (Å²) in [6, 6.07) is 14.6. The van der Waals surface area contributed by atoms with Gasteiger partial charge in [-0.2, -0.15) is 5.10 Å². The van der Waals surface area contributed by atoms with E-state index in [0.717, 1.165) is 63.3 Å². The number of fused-ring (bicyclic) bond motifs is 2. The molecular weight excluding hydrogens is 480 g/mol. The van der Waals surface area contributed by atoms with E-state index in [1.54, 1.807) is 17.5 Å². The predicted molar refractivity (Wildman–Crippen MR) is 148 cm³/mol. The van der Waals surface area contributed by atoms with Crippen LogP contribution in [0.25, 0.3) is 55.2 Å². The summed E-state index contributed by atoms with van der Waals surface area (Å²) >= 11 is 1.78. The Kier molecular flexibility index (Phi) is 5.47. The minimum Gasteiger partial charge on any atom is -0.489 e. The Balaban J connectivity index is 1.26. The summed E-state index contributed by atoms with van der Waals surface area (Å²) in [5.41, 5.74) is 7.09. The van der Waals surface area contributed by atoms with E-state index in [2.05, 4.69) is 56.3 Å². The van der Waals surface area contributed by atoms with E-state index in [1.165, 1.54) is 34.6 Å². The van der Waals surface area contributed by atoms with Crippen LogP contribution in [0.3, 0.4) is 0 Å². The first-order chi connectivity index (χ1) is 18.2. The number of pyridine rings is 3. The molecule has 0 aromatic carbocycles. The molecule has 0 spiro atoms. The Morgan fingerprint density at radius 2 is 1.92 bits per heavy atom. The van der Waals surface area contributed by atoms with Gasteiger partial charge in [0.25, 0.3) is 0 Å². The third kappa shape index (κ3) is 4.17. The van der Waals surface area contributed by atoms with Gasteiger partial charge < -0.3 is 9.72 Å². The number of hydrogen-bond acceptors (Lipinski definition) is 6. The van der Waals surface area contributed by atoms with Crippen molar-refractivity contribution in [3.63, 3.8) is 0 Å². The monoisotopic (exact) mass is 506 g/mol. The van der Waals surface area contributed by atoms with Gasteiger partial charge in [0.2, 0.25) is 0 Å². The average molecular weight is 507 g/mol. The number of aromatic nitrogens is 6. The number of rotatable bonds is 5. The Hall–Kier alpha value is -4.04. The van der Waals surface area contributed by atoms with Crippen LogP contribution in [0.15, 0.2) is 61.1 Å². The summed E-state index contributed by atoms with van der Waals surface area (Å²) in [4.78, 5) is 20.0. The number of H-pyrrole nitrogens is 2. The maximum Gasteiger partial charge on any atom is 0.138 e. The first-order valence-corrected chi connectivity index (χ1v) is 13.5. The fourth-order valence-corrected chi connectivity index (χ4v) is 6.10. The fourth-order valence-electron chi connectivity index (χ4n) is 5.19. The summed E-state index contributed by atoms with van der Waals surface area (Å²) in [5, 5.41) is 8.82. The number of nitrogens with one attached hydrogen (secondary N) is 2. The van der Waals surface area contributed by atoms with Gasteiger partial charge in [0.1, 0.15) is 22.6 Å². The van der Waals surface area contributed by atoms with Crippen LogP contribution in [0.1, 0.15) is 37.0 Å². The van der Waals surface area contributed by atoms with Crippen molar-refractivity contribution in [3.05, 3.63) is 65.9 Å². The van der Waals surface area contributed by atoms with Crippen molar-refractivity contribution < 1.29 is 4.74 Å². The third-order valence-corrected chi connectivity index (χ3v) is 8.10. The molecule has 7 nitrogen and oxygen atoms in total. The zero-order valence-electron chi connectivity index (χ0n) is 20.5. The standard InChI is InChI=1S/C29H26N6OS/c1-17-7-10-26(37-17)21-11-12-31-29-22(21)14-25(33-29)28-27-24(34-35-28)9-8-23(32-27)18-13-20(16-30-15-18)36-19-5-3-2-4-6-19/h7-16,19H,2-6H2,1H3,(H,31,33)(H,34,35). The van der Waals surface area contributed by atoms with Gasteiger partial charge in [0, 0.05) is 38.7 Å². The predicted octanol–water partition coefficient (Wildman–Crippen LogP) is 7.31. The average Bonchev–Trinajstić information content (AvgIpc) is 3.66. The van der Waals surface area contributed by atoms with Gasteiger partial charge in [0.15, 0.2) is 0 Å². The van der Waals surface area contributed by atoms with Crippen molar-refractivity contribution in [1.29, 1.82) is 0 Å². The van der Waals surface area contributed by atoms with Gasteiger partial charge in [-0.3, -0.25) is 10.1 Å². The van der Waals surface area contributed by atoms with Crippen LogP contribution in [0.4, 0.5) is 0 Å². The van der Waals surface area contributed by atoms with E-state index in [-0.39, 0.29) is 6.10 Å². The van der Waals surface area contributed by atoms with Crippen molar-refractivity contribution in [2.75, 3.05) is 0 Å². The molecule has 37 heavy (non-hydrogen) atoms. The Morgan fingerprint density at radius 3 is 2.78 bits per heavy atom. The highest BCUT2D eigenvalue weighted by molar-refractivity contribution is 7.15. The number of ether oxygens (including phenoxy) is 1. The topological polar surface area (TPSA) is 92.4 Å². The molecule has 6 aromatic heterocycles. The summed E-state index contributed by atoms with van der Waals surface area (Å²) in [6.07, 6.45) is 11.8. The van der Waals surface area contributed by atoms with E-state index >= 15 is 0 Å². The molecule has 1 aliphatic rings. The molecule has 0 unspecified atom stereocenters. The SMILES string of the molecule is Cc1ccc(-c2ccnc3[nH]c(-c4n[nH]c5ccc(-c6cncc(OC7CCCCC7)c6)nc45)cc23)s1. The van der Waals surface area contributed by atoms with Crippen molar-refractivity contribution in [3.8, 4) is 38.8 Å². The van der Waals surface area contributed by atoms with Crippen LogP contribution in [-0.4, -0.2) is 36.2 Å². The maximum absolute atomic E-state index is 6.25. The second-order valence-corrected chi connectivity index (χ2v) is 11.0. The Bertz CT molecular complexity index is 1730. The zero-order valence-corrected chi connectivity index (χ0v) is 21.3. The highest BCUT2D eigenvalue weighted by Gasteiger charge is 2.18. The summed E-state index contributed by atoms with van der Waals surface area (Å²) in [6.45, 7) is 2.13. The summed E-state index contributed by atoms with van der Waals surface area (Å²) in [5.74, 6) is 0.803. The fraction of sp³-hybridized carbons (Fsp3) is 0.241. The highest BCUT2D eigenvalue weighted by Crippen LogP contribution is 2.36. The normalized spacial score (nSPS) is 14.5. The van der Waals surface area contributed by atoms with E-state index in [0.29, 0.717) is 0 Å². The van der Waals surface area contributed by atoms with Crippen LogP contribution in [0.2, 0.25) is 0 Å². The molecule has 0 radical (unpaired) electrons. The van der Waals surface area contributed by atoms with Gasteiger partial charge in [-0.1, -0.05) is 6.42 Å². The van der Waals surface area contributed by atoms with Gasteiger partial charge in [0.05, 0.1) is 29.2 Å². The molecule has 0 saturated heterocycles. The van der Waals surface area contributed by atoms with Crippen LogP contribution >= 0.6 is 11.3 Å². The maximum atomic E-state index is 6.25. The molecule has 0 bridgehead atoms. The Morgan fingerprint density at radius 1 is 1.00 bits per heavy atom. The number of aryl methyl sites for hydroxylation is 1. The number of hydrogen-bond donors (Lipinski definition) is 2. The lowest BCUT2D eigenvalue weighted by molar-refractivity contribution is 0.154. The second kappa shape index (κ2) is 9.12. The van der Waals surface area contributed by atoms with Gasteiger partial charge in [-0.15, -0.1) is 11.3 Å². The molecule has 0 amide bonds. The molecule has 0 atom stereocenters. The number of nitrogens with zero attached hydrogens (tertiary/aromatic N) is 4. The number of thiophene rings is 1. The molecule has 8 heteroatoms. The van der Waals surface area contributed by atoms with Crippen LogP contribution < -0.4 is 4.74 Å². The van der Waals surface area contributed by atoms with Gasteiger partial charge in [-0.25, -0.2) is 9.97 Å². The molecule has 1 fully saturated rings. The Labute approximate surface area is 218 Å². The third-order valence-electron chi connectivity index (χ3n) is 7.06. The van der Waals surface area contributed by atoms with E-state index in [1.807, 2.05) is 30.6 Å². The van der Waals surface area contributed by atoms with E-state index < -0.39 is 0 Å². The van der Waals surface area contributed by atoms with Gasteiger partial charge >= 0.3 is 0 Å².